The van der Waals surface area contributed by atoms with Crippen LogP contribution in [0.1, 0.15) is 18.6 Å². The van der Waals surface area contributed by atoms with E-state index in [-0.39, 0.29) is 17.7 Å². The van der Waals surface area contributed by atoms with Crippen molar-refractivity contribution in [1.82, 2.24) is 24.7 Å². The van der Waals surface area contributed by atoms with E-state index in [2.05, 4.69) is 20.1 Å². The number of H-pyrrole nitrogens is 1. The second-order valence-electron chi connectivity index (χ2n) is 6.75. The molecule has 0 bridgehead atoms. The van der Waals surface area contributed by atoms with Crippen molar-refractivity contribution in [3.8, 4) is 11.4 Å². The van der Waals surface area contributed by atoms with Crippen LogP contribution in [0.2, 0.25) is 0 Å². The molecular weight excluding hydrogens is 371 g/mol. The van der Waals surface area contributed by atoms with Crippen LogP contribution in [0, 0.1) is 5.82 Å². The Balaban J connectivity index is 1.58. The van der Waals surface area contributed by atoms with Gasteiger partial charge in [-0.25, -0.2) is 19.0 Å². The molecule has 0 saturated heterocycles. The smallest absolute Gasteiger partial charge is 0.166 e. The minimum atomic E-state index is -0.378. The molecule has 2 aromatic carbocycles. The van der Waals surface area contributed by atoms with E-state index in [1.165, 1.54) is 12.1 Å². The van der Waals surface area contributed by atoms with Gasteiger partial charge in [-0.15, -0.1) is 0 Å². The zero-order valence-electron chi connectivity index (χ0n) is 15.5. The first-order valence-electron chi connectivity index (χ1n) is 9.08. The van der Waals surface area contributed by atoms with Crippen LogP contribution in [-0.4, -0.2) is 24.7 Å². The summed E-state index contributed by atoms with van der Waals surface area (Å²) in [5, 5.41) is 4.96. The number of nitrogen functional groups attached to an aromatic ring is 1. The Morgan fingerprint density at radius 2 is 2.07 bits per heavy atom. The molecule has 3 heterocycles. The third-order valence-electron chi connectivity index (χ3n) is 4.83. The molecule has 5 aromatic rings. The van der Waals surface area contributed by atoms with Crippen LogP contribution < -0.4 is 10.5 Å². The van der Waals surface area contributed by atoms with Gasteiger partial charge in [0, 0.05) is 23.3 Å². The van der Waals surface area contributed by atoms with E-state index in [4.69, 9.17) is 10.5 Å². The van der Waals surface area contributed by atoms with Gasteiger partial charge >= 0.3 is 0 Å². The number of anilines is 1. The number of fused-ring (bicyclic) bond motifs is 2. The molecule has 144 valence electrons. The lowest BCUT2D eigenvalue weighted by Gasteiger charge is -2.19. The average Bonchev–Trinajstić information content (AvgIpc) is 3.39. The summed E-state index contributed by atoms with van der Waals surface area (Å²) in [5.74, 6) is 0.305. The van der Waals surface area contributed by atoms with Gasteiger partial charge in [-0.3, -0.25) is 0 Å². The number of nitrogens with one attached hydrogen (secondary N) is 1. The minimum Gasteiger partial charge on any atom is -0.482 e. The number of aromatic nitrogens is 5. The second-order valence-corrected chi connectivity index (χ2v) is 6.75. The molecule has 0 spiro atoms. The summed E-state index contributed by atoms with van der Waals surface area (Å²) in [6, 6.07) is 11.8. The molecule has 0 fully saturated rings. The van der Waals surface area contributed by atoms with E-state index < -0.39 is 0 Å². The summed E-state index contributed by atoms with van der Waals surface area (Å²) in [5.41, 5.74) is 10.2. The molecule has 7 nitrogen and oxygen atoms in total. The van der Waals surface area contributed by atoms with E-state index in [9.17, 15) is 4.39 Å². The van der Waals surface area contributed by atoms with Gasteiger partial charge in [0.1, 0.15) is 11.9 Å². The zero-order chi connectivity index (χ0) is 20.0. The first-order valence-corrected chi connectivity index (χ1v) is 9.08. The zero-order valence-corrected chi connectivity index (χ0v) is 15.5. The highest BCUT2D eigenvalue weighted by atomic mass is 19.1. The molecule has 0 saturated carbocycles. The number of nitrogens with two attached hydrogens (primary N) is 1. The maximum atomic E-state index is 13.6. The van der Waals surface area contributed by atoms with Crippen LogP contribution in [0.25, 0.3) is 27.6 Å². The lowest BCUT2D eigenvalue weighted by molar-refractivity contribution is 0.227. The highest BCUT2D eigenvalue weighted by molar-refractivity contribution is 5.83. The quantitative estimate of drug-likeness (QED) is 0.482. The fourth-order valence-electron chi connectivity index (χ4n) is 3.41. The molecule has 0 aliphatic rings. The van der Waals surface area contributed by atoms with Gasteiger partial charge in [-0.05, 0) is 49.4 Å². The summed E-state index contributed by atoms with van der Waals surface area (Å²) >= 11 is 0. The van der Waals surface area contributed by atoms with Crippen molar-refractivity contribution < 1.29 is 9.13 Å². The van der Waals surface area contributed by atoms with Crippen molar-refractivity contribution in [2.45, 2.75) is 13.0 Å². The topological polar surface area (TPSA) is 94.6 Å². The monoisotopic (exact) mass is 388 g/mol. The first kappa shape index (κ1) is 17.2. The summed E-state index contributed by atoms with van der Waals surface area (Å²) in [4.78, 5) is 11.8. The van der Waals surface area contributed by atoms with Crippen LogP contribution in [0.5, 0.6) is 5.75 Å². The number of aromatic amines is 1. The number of halogens is 1. The summed E-state index contributed by atoms with van der Waals surface area (Å²) in [7, 11) is 0. The van der Waals surface area contributed by atoms with Crippen molar-refractivity contribution >= 4 is 27.8 Å². The number of pyridine rings is 1. The molecule has 5 rings (SSSR count). The Labute approximate surface area is 165 Å². The number of hydrogen-bond acceptors (Lipinski definition) is 5. The Morgan fingerprint density at radius 1 is 1.17 bits per heavy atom. The fraction of sp³-hybridized carbons (Fsp3) is 0.0952. The Bertz CT molecular complexity index is 1330. The predicted molar refractivity (Wildman–Crippen MR) is 108 cm³/mol. The standard InChI is InChI=1S/C21H17FN6O/c1-12(29-20-8-13-7-14(22)3-4-16(13)27-21(20)23)15-9-17-18(25-11-24-17)10-19(15)28-6-2-5-26-28/h2-12H,1H3,(H2,23,27)(H,24,25)/t12-/m0/s1. The van der Waals surface area contributed by atoms with E-state index in [1.54, 1.807) is 29.3 Å². The largest absolute Gasteiger partial charge is 0.482 e. The van der Waals surface area contributed by atoms with Crippen LogP contribution in [0.15, 0.2) is 61.2 Å². The number of imidazole rings is 1. The van der Waals surface area contributed by atoms with Crippen LogP contribution in [-0.2, 0) is 0 Å². The number of hydrogen-bond donors (Lipinski definition) is 2. The van der Waals surface area contributed by atoms with Gasteiger partial charge in [0.25, 0.3) is 0 Å². The summed E-state index contributed by atoms with van der Waals surface area (Å²) < 4.78 is 21.5. The van der Waals surface area contributed by atoms with E-state index in [0.29, 0.717) is 16.7 Å². The van der Waals surface area contributed by atoms with Gasteiger partial charge in [0.15, 0.2) is 11.6 Å². The highest BCUT2D eigenvalue weighted by Gasteiger charge is 2.18. The normalized spacial score (nSPS) is 12.5. The lowest BCUT2D eigenvalue weighted by atomic mass is 10.1. The molecule has 0 aliphatic heterocycles. The number of ether oxygens (including phenoxy) is 1. The Kier molecular flexibility index (Phi) is 3.90. The van der Waals surface area contributed by atoms with Crippen molar-refractivity contribution in [2.24, 2.45) is 0 Å². The first-order chi connectivity index (χ1) is 14.1. The third-order valence-corrected chi connectivity index (χ3v) is 4.83. The van der Waals surface area contributed by atoms with Crippen molar-refractivity contribution in [3.05, 3.63) is 72.6 Å². The third kappa shape index (κ3) is 3.04. The minimum absolute atomic E-state index is 0.249. The molecule has 0 aliphatic carbocycles. The SMILES string of the molecule is C[C@H](Oc1cc2cc(F)ccc2nc1N)c1cc2[nH]cnc2cc1-n1cccn1. The molecule has 0 unspecified atom stereocenters. The average molecular weight is 388 g/mol. The molecule has 3 N–H and O–H groups in total. The number of rotatable bonds is 4. The lowest BCUT2D eigenvalue weighted by Crippen LogP contribution is -2.10. The number of benzene rings is 2. The van der Waals surface area contributed by atoms with E-state index in [0.717, 1.165) is 22.3 Å². The van der Waals surface area contributed by atoms with Gasteiger partial charge < -0.3 is 15.5 Å². The maximum absolute atomic E-state index is 13.6. The molecule has 0 radical (unpaired) electrons. The summed E-state index contributed by atoms with van der Waals surface area (Å²) in [6.45, 7) is 1.92. The Morgan fingerprint density at radius 3 is 2.90 bits per heavy atom. The van der Waals surface area contributed by atoms with Crippen LogP contribution >= 0.6 is 0 Å². The van der Waals surface area contributed by atoms with E-state index >= 15 is 0 Å². The molecular formula is C21H17FN6O. The molecule has 3 aromatic heterocycles. The van der Waals surface area contributed by atoms with E-state index in [1.807, 2.05) is 31.3 Å². The molecule has 1 atom stereocenters. The highest BCUT2D eigenvalue weighted by Crippen LogP contribution is 2.33. The molecule has 0 amide bonds. The fourth-order valence-corrected chi connectivity index (χ4v) is 3.41. The maximum Gasteiger partial charge on any atom is 0.166 e. The van der Waals surface area contributed by atoms with Gasteiger partial charge in [-0.1, -0.05) is 0 Å². The van der Waals surface area contributed by atoms with Crippen molar-refractivity contribution in [3.63, 3.8) is 0 Å². The van der Waals surface area contributed by atoms with Gasteiger partial charge in [0.2, 0.25) is 0 Å². The summed E-state index contributed by atoms with van der Waals surface area (Å²) in [6.07, 6.45) is 4.84. The van der Waals surface area contributed by atoms with Crippen molar-refractivity contribution in [2.75, 3.05) is 5.73 Å². The second kappa shape index (κ2) is 6.59. The predicted octanol–water partition coefficient (Wildman–Crippen LogP) is 4.16. The Hall–Kier alpha value is -3.94. The molecule has 29 heavy (non-hydrogen) atoms. The van der Waals surface area contributed by atoms with Gasteiger partial charge in [0.05, 0.1) is 28.6 Å². The van der Waals surface area contributed by atoms with Crippen LogP contribution in [0.3, 0.4) is 0 Å². The molecule has 8 heteroatoms. The van der Waals surface area contributed by atoms with Crippen molar-refractivity contribution in [1.29, 1.82) is 0 Å². The number of nitrogens with zero attached hydrogens (tertiary/aromatic N) is 4. The van der Waals surface area contributed by atoms with Crippen LogP contribution in [0.4, 0.5) is 10.2 Å². The van der Waals surface area contributed by atoms with Gasteiger partial charge in [-0.2, -0.15) is 5.10 Å².